The van der Waals surface area contributed by atoms with Crippen LogP contribution in [0.2, 0.25) is 0 Å². The van der Waals surface area contributed by atoms with E-state index < -0.39 is 5.91 Å². The molecular formula is C29H27N3O3S. The number of thiazole rings is 1. The molecule has 0 spiro atoms. The Morgan fingerprint density at radius 1 is 1.03 bits per heavy atom. The summed E-state index contributed by atoms with van der Waals surface area (Å²) in [6, 6.07) is 19.5. The number of nitrogens with zero attached hydrogens (tertiary/aromatic N) is 2. The van der Waals surface area contributed by atoms with Crippen molar-refractivity contribution in [3.8, 4) is 17.6 Å². The zero-order chi connectivity index (χ0) is 25.7. The first-order valence-corrected chi connectivity index (χ1v) is 12.4. The molecule has 3 aromatic carbocycles. The molecule has 1 heterocycles. The van der Waals surface area contributed by atoms with E-state index >= 15 is 0 Å². The van der Waals surface area contributed by atoms with Crippen molar-refractivity contribution >= 4 is 38.7 Å². The number of carbonyl (C=O) groups excluding carboxylic acids is 1. The molecule has 0 aliphatic heterocycles. The van der Waals surface area contributed by atoms with Gasteiger partial charge >= 0.3 is 0 Å². The Morgan fingerprint density at radius 3 is 2.50 bits per heavy atom. The lowest BCUT2D eigenvalue weighted by Crippen LogP contribution is -2.13. The third kappa shape index (κ3) is 5.91. The van der Waals surface area contributed by atoms with Crippen molar-refractivity contribution in [1.29, 1.82) is 5.26 Å². The summed E-state index contributed by atoms with van der Waals surface area (Å²) in [7, 11) is 0. The van der Waals surface area contributed by atoms with Crippen LogP contribution in [-0.2, 0) is 11.4 Å². The second-order valence-electron chi connectivity index (χ2n) is 8.46. The second kappa shape index (κ2) is 11.1. The van der Waals surface area contributed by atoms with E-state index in [1.807, 2.05) is 64.1 Å². The van der Waals surface area contributed by atoms with Gasteiger partial charge in [0.25, 0.3) is 5.91 Å². The average Bonchev–Trinajstić information content (AvgIpc) is 3.24. The molecule has 1 aromatic heterocycles. The number of fused-ring (bicyclic) bond motifs is 1. The molecule has 4 rings (SSSR count). The number of ether oxygens (including phenoxy) is 2. The van der Waals surface area contributed by atoms with Crippen LogP contribution in [0.4, 0.5) is 5.13 Å². The minimum Gasteiger partial charge on any atom is -0.490 e. The molecule has 0 radical (unpaired) electrons. The molecule has 0 saturated heterocycles. The number of anilines is 1. The highest BCUT2D eigenvalue weighted by molar-refractivity contribution is 7.22. The number of hydrogen-bond donors (Lipinski definition) is 1. The third-order valence-electron chi connectivity index (χ3n) is 5.68. The molecule has 7 heteroatoms. The molecule has 1 N–H and O–H groups in total. The van der Waals surface area contributed by atoms with E-state index in [0.717, 1.165) is 26.9 Å². The number of nitrogens with one attached hydrogen (secondary N) is 1. The Balaban J connectivity index is 1.51. The maximum atomic E-state index is 12.8. The number of carbonyl (C=O) groups is 1. The van der Waals surface area contributed by atoms with Gasteiger partial charge in [0.05, 0.1) is 16.8 Å². The van der Waals surface area contributed by atoms with Crippen LogP contribution in [0.15, 0.2) is 60.2 Å². The summed E-state index contributed by atoms with van der Waals surface area (Å²) in [4.78, 5) is 17.3. The van der Waals surface area contributed by atoms with Crippen molar-refractivity contribution in [3.63, 3.8) is 0 Å². The molecule has 4 aromatic rings. The van der Waals surface area contributed by atoms with E-state index in [1.165, 1.54) is 23.0 Å². The van der Waals surface area contributed by atoms with E-state index in [4.69, 9.17) is 9.47 Å². The fourth-order valence-electron chi connectivity index (χ4n) is 3.56. The van der Waals surface area contributed by atoms with Crippen molar-refractivity contribution in [2.45, 2.75) is 34.3 Å². The fraction of sp³-hybridized carbons (Fsp3) is 0.207. The molecule has 182 valence electrons. The lowest BCUT2D eigenvalue weighted by atomic mass is 10.1. The number of nitriles is 1. The Morgan fingerprint density at radius 2 is 1.78 bits per heavy atom. The number of hydrogen-bond acceptors (Lipinski definition) is 6. The summed E-state index contributed by atoms with van der Waals surface area (Å²) >= 11 is 1.38. The predicted octanol–water partition coefficient (Wildman–Crippen LogP) is 6.74. The van der Waals surface area contributed by atoms with E-state index in [-0.39, 0.29) is 5.57 Å². The van der Waals surface area contributed by atoms with Crippen molar-refractivity contribution in [3.05, 3.63) is 88.0 Å². The fourth-order valence-corrected chi connectivity index (χ4v) is 4.50. The topological polar surface area (TPSA) is 84.2 Å². The number of amides is 1. The molecule has 6 nitrogen and oxygen atoms in total. The van der Waals surface area contributed by atoms with Gasteiger partial charge in [-0.05, 0) is 80.3 Å². The van der Waals surface area contributed by atoms with Crippen LogP contribution in [0.5, 0.6) is 11.5 Å². The van der Waals surface area contributed by atoms with Gasteiger partial charge < -0.3 is 9.47 Å². The van der Waals surface area contributed by atoms with Gasteiger partial charge in [-0.3, -0.25) is 10.1 Å². The Bertz CT molecular complexity index is 1440. The molecule has 0 unspecified atom stereocenters. The molecule has 0 aliphatic rings. The zero-order valence-corrected chi connectivity index (χ0v) is 21.5. The number of rotatable bonds is 8. The standard InChI is InChI=1S/C29H27N3O3S/c1-5-34-26-15-22(10-11-25(26)35-17-21-8-6-18(2)7-9-21)14-23(16-30)28(33)32-29-31-24-12-19(3)20(4)13-27(24)36-29/h6-15H,5,17H2,1-4H3,(H,31,32,33). The first-order chi connectivity index (χ1) is 17.4. The second-order valence-corrected chi connectivity index (χ2v) is 9.49. The number of aryl methyl sites for hydroxylation is 3. The van der Waals surface area contributed by atoms with E-state index in [2.05, 4.69) is 16.4 Å². The maximum absolute atomic E-state index is 12.8. The number of aromatic nitrogens is 1. The summed E-state index contributed by atoms with van der Waals surface area (Å²) < 4.78 is 12.7. The van der Waals surface area contributed by atoms with Gasteiger partial charge in [0.15, 0.2) is 16.6 Å². The normalized spacial score (nSPS) is 11.2. The molecule has 0 saturated carbocycles. The van der Waals surface area contributed by atoms with Gasteiger partial charge in [-0.15, -0.1) is 0 Å². The summed E-state index contributed by atoms with van der Waals surface area (Å²) in [6.45, 7) is 8.86. The SMILES string of the molecule is CCOc1cc(C=C(C#N)C(=O)Nc2nc3cc(C)c(C)cc3s2)ccc1OCc1ccc(C)cc1. The van der Waals surface area contributed by atoms with Crippen molar-refractivity contribution in [2.75, 3.05) is 11.9 Å². The molecule has 36 heavy (non-hydrogen) atoms. The Labute approximate surface area is 214 Å². The molecular weight excluding hydrogens is 470 g/mol. The van der Waals surface area contributed by atoms with Crippen molar-refractivity contribution in [1.82, 2.24) is 4.98 Å². The van der Waals surface area contributed by atoms with E-state index in [1.54, 1.807) is 18.2 Å². The van der Waals surface area contributed by atoms with Crippen molar-refractivity contribution in [2.24, 2.45) is 0 Å². The van der Waals surface area contributed by atoms with Gasteiger partial charge in [-0.25, -0.2) is 4.98 Å². The first kappa shape index (κ1) is 25.0. The van der Waals surface area contributed by atoms with Gasteiger partial charge in [0.1, 0.15) is 18.2 Å². The van der Waals surface area contributed by atoms with Gasteiger partial charge in [-0.1, -0.05) is 47.2 Å². The highest BCUT2D eigenvalue weighted by Gasteiger charge is 2.14. The monoisotopic (exact) mass is 497 g/mol. The van der Waals surface area contributed by atoms with Crippen molar-refractivity contribution < 1.29 is 14.3 Å². The first-order valence-electron chi connectivity index (χ1n) is 11.6. The highest BCUT2D eigenvalue weighted by atomic mass is 32.1. The van der Waals surface area contributed by atoms with Gasteiger partial charge in [0, 0.05) is 0 Å². The molecule has 0 atom stereocenters. The van der Waals surface area contributed by atoms with Crippen LogP contribution in [0, 0.1) is 32.1 Å². The van der Waals surface area contributed by atoms with Crippen LogP contribution in [0.3, 0.4) is 0 Å². The predicted molar refractivity (Wildman–Crippen MR) is 144 cm³/mol. The molecule has 0 bridgehead atoms. The van der Waals surface area contributed by atoms with Gasteiger partial charge in [0.2, 0.25) is 0 Å². The Hall–Kier alpha value is -4.15. The van der Waals surface area contributed by atoms with Crippen LogP contribution >= 0.6 is 11.3 Å². The van der Waals surface area contributed by atoms with Crippen LogP contribution in [0.1, 0.15) is 34.7 Å². The average molecular weight is 498 g/mol. The van der Waals surface area contributed by atoms with Crippen LogP contribution in [-0.4, -0.2) is 17.5 Å². The van der Waals surface area contributed by atoms with E-state index in [0.29, 0.717) is 35.4 Å². The highest BCUT2D eigenvalue weighted by Crippen LogP contribution is 2.31. The number of benzene rings is 3. The molecule has 0 aliphatic carbocycles. The lowest BCUT2D eigenvalue weighted by Gasteiger charge is -2.13. The lowest BCUT2D eigenvalue weighted by molar-refractivity contribution is -0.112. The summed E-state index contributed by atoms with van der Waals surface area (Å²) in [6.07, 6.45) is 1.53. The zero-order valence-electron chi connectivity index (χ0n) is 20.7. The van der Waals surface area contributed by atoms with Crippen LogP contribution < -0.4 is 14.8 Å². The molecule has 0 fully saturated rings. The van der Waals surface area contributed by atoms with E-state index in [9.17, 15) is 10.1 Å². The van der Waals surface area contributed by atoms with Crippen LogP contribution in [0.25, 0.3) is 16.3 Å². The largest absolute Gasteiger partial charge is 0.490 e. The minimum atomic E-state index is -0.511. The minimum absolute atomic E-state index is 0.0302. The maximum Gasteiger partial charge on any atom is 0.268 e. The van der Waals surface area contributed by atoms with Gasteiger partial charge in [-0.2, -0.15) is 5.26 Å². The Kier molecular flexibility index (Phi) is 7.67. The smallest absolute Gasteiger partial charge is 0.268 e. The molecule has 1 amide bonds. The summed E-state index contributed by atoms with van der Waals surface area (Å²) in [5.74, 6) is 0.633. The third-order valence-corrected chi connectivity index (χ3v) is 6.62. The summed E-state index contributed by atoms with van der Waals surface area (Å²) in [5.41, 5.74) is 5.99. The quantitative estimate of drug-likeness (QED) is 0.215. The summed E-state index contributed by atoms with van der Waals surface area (Å²) in [5, 5.41) is 12.9.